The molecule has 1 atom stereocenters. The molecule has 0 heterocycles. The van der Waals surface area contributed by atoms with Crippen molar-refractivity contribution in [3.63, 3.8) is 0 Å². The highest BCUT2D eigenvalue weighted by Gasteiger charge is 2.55. The molecule has 4 bridgehead atoms. The van der Waals surface area contributed by atoms with Crippen LogP contribution in [-0.4, -0.2) is 29.9 Å². The van der Waals surface area contributed by atoms with E-state index in [0.29, 0.717) is 17.8 Å². The fourth-order valence-corrected chi connectivity index (χ4v) is 6.60. The molecule has 1 N–H and O–H groups in total. The summed E-state index contributed by atoms with van der Waals surface area (Å²) in [5, 5.41) is 2.46. The molecule has 4 aliphatic carbocycles. The number of esters is 1. The summed E-state index contributed by atoms with van der Waals surface area (Å²) in [4.78, 5) is 24.4. The van der Waals surface area contributed by atoms with Crippen LogP contribution in [0.5, 0.6) is 5.75 Å². The van der Waals surface area contributed by atoms with Crippen molar-refractivity contribution in [1.29, 1.82) is 0 Å². The number of halogens is 3. The number of alkyl halides is 3. The molecule has 5 rings (SSSR count). The standard InChI is InChI=1S/C21H24BrF2NO4/c22-18(21-8-12-5-13(9-21)7-14(6-12)10-21)19(27)28-11-17(26)25-15-3-1-2-4-16(15)29-20(23)24/h1-4,12-14,18,20H,5-11H2,(H,25,26)/t12?,13?,14?,18-,21?/m0/s1. The number of nitrogens with one attached hydrogen (secondary N) is 1. The van der Waals surface area contributed by atoms with Crippen LogP contribution >= 0.6 is 15.9 Å². The summed E-state index contributed by atoms with van der Waals surface area (Å²) in [6.45, 7) is -3.48. The van der Waals surface area contributed by atoms with Crippen LogP contribution in [0, 0.1) is 23.2 Å². The van der Waals surface area contributed by atoms with Crippen molar-refractivity contribution in [2.75, 3.05) is 11.9 Å². The smallest absolute Gasteiger partial charge is 0.387 e. The number of anilines is 1. The third-order valence-electron chi connectivity index (χ3n) is 6.55. The van der Waals surface area contributed by atoms with Crippen LogP contribution in [0.1, 0.15) is 38.5 Å². The second kappa shape index (κ2) is 8.20. The molecule has 0 aromatic heterocycles. The number of amides is 1. The van der Waals surface area contributed by atoms with Gasteiger partial charge in [0.1, 0.15) is 10.6 Å². The van der Waals surface area contributed by atoms with Crippen molar-refractivity contribution in [2.45, 2.75) is 50.0 Å². The van der Waals surface area contributed by atoms with Gasteiger partial charge in [-0.05, 0) is 73.8 Å². The quantitative estimate of drug-likeness (QED) is 0.460. The van der Waals surface area contributed by atoms with Crippen LogP contribution in [-0.2, 0) is 14.3 Å². The van der Waals surface area contributed by atoms with E-state index in [9.17, 15) is 18.4 Å². The number of hydrogen-bond donors (Lipinski definition) is 1. The van der Waals surface area contributed by atoms with Crippen LogP contribution < -0.4 is 10.1 Å². The monoisotopic (exact) mass is 471 g/mol. The fourth-order valence-electron chi connectivity index (χ4n) is 5.90. The fraction of sp³-hybridized carbons (Fsp3) is 0.619. The van der Waals surface area contributed by atoms with Gasteiger partial charge in [0.15, 0.2) is 6.61 Å². The molecule has 4 saturated carbocycles. The van der Waals surface area contributed by atoms with Crippen LogP contribution in [0.2, 0.25) is 0 Å². The summed E-state index contributed by atoms with van der Waals surface area (Å²) >= 11 is 3.58. The maximum absolute atomic E-state index is 12.7. The van der Waals surface area contributed by atoms with Crippen molar-refractivity contribution in [3.05, 3.63) is 24.3 Å². The van der Waals surface area contributed by atoms with Gasteiger partial charge < -0.3 is 14.8 Å². The number of para-hydroxylation sites is 2. The first-order valence-electron chi connectivity index (χ1n) is 9.99. The number of benzene rings is 1. The van der Waals surface area contributed by atoms with Gasteiger partial charge in [0.2, 0.25) is 0 Å². The van der Waals surface area contributed by atoms with Crippen LogP contribution in [0.4, 0.5) is 14.5 Å². The van der Waals surface area contributed by atoms with E-state index in [0.717, 1.165) is 19.3 Å². The zero-order valence-corrected chi connectivity index (χ0v) is 17.5. The zero-order valence-electron chi connectivity index (χ0n) is 15.9. The van der Waals surface area contributed by atoms with E-state index < -0.39 is 29.9 Å². The molecular formula is C21H24BrF2NO4. The van der Waals surface area contributed by atoms with Gasteiger partial charge in [0.05, 0.1) is 5.69 Å². The molecule has 0 radical (unpaired) electrons. The van der Waals surface area contributed by atoms with E-state index in [-0.39, 0.29) is 16.9 Å². The molecule has 0 unspecified atom stereocenters. The van der Waals surface area contributed by atoms with Crippen LogP contribution in [0.15, 0.2) is 24.3 Å². The molecule has 158 valence electrons. The summed E-state index contributed by atoms with van der Waals surface area (Å²) in [5.74, 6) is 0.915. The normalized spacial score (nSPS) is 30.8. The average molecular weight is 472 g/mol. The van der Waals surface area contributed by atoms with Crippen molar-refractivity contribution in [1.82, 2.24) is 0 Å². The number of rotatable bonds is 7. The molecule has 1 amide bonds. The molecule has 0 spiro atoms. The molecule has 4 aliphatic rings. The Morgan fingerprint density at radius 3 is 2.28 bits per heavy atom. The van der Waals surface area contributed by atoms with Crippen LogP contribution in [0.25, 0.3) is 0 Å². The number of carbonyl (C=O) groups excluding carboxylic acids is 2. The summed E-state index contributed by atoms with van der Waals surface area (Å²) in [5.41, 5.74) is 0.0327. The second-order valence-corrected chi connectivity index (χ2v) is 9.59. The summed E-state index contributed by atoms with van der Waals surface area (Å²) in [6.07, 6.45) is 6.93. The third-order valence-corrected chi connectivity index (χ3v) is 7.90. The first-order valence-corrected chi connectivity index (χ1v) is 10.9. The lowest BCUT2D eigenvalue weighted by Gasteiger charge is -2.57. The maximum Gasteiger partial charge on any atom is 0.387 e. The third kappa shape index (κ3) is 4.42. The predicted molar refractivity (Wildman–Crippen MR) is 106 cm³/mol. The van der Waals surface area contributed by atoms with Gasteiger partial charge in [-0.1, -0.05) is 28.1 Å². The molecule has 5 nitrogen and oxygen atoms in total. The van der Waals surface area contributed by atoms with Gasteiger partial charge in [-0.3, -0.25) is 9.59 Å². The Hall–Kier alpha value is -1.70. The molecule has 4 fully saturated rings. The van der Waals surface area contributed by atoms with Gasteiger partial charge in [0, 0.05) is 0 Å². The Morgan fingerprint density at radius 2 is 1.69 bits per heavy atom. The predicted octanol–water partition coefficient (Wildman–Crippen LogP) is 4.75. The van der Waals surface area contributed by atoms with E-state index in [1.807, 2.05) is 0 Å². The van der Waals surface area contributed by atoms with Crippen molar-refractivity contribution < 1.29 is 27.8 Å². The molecule has 0 saturated heterocycles. The zero-order chi connectivity index (χ0) is 20.6. The lowest BCUT2D eigenvalue weighted by molar-refractivity contribution is -0.152. The Bertz CT molecular complexity index is 752. The highest BCUT2D eigenvalue weighted by molar-refractivity contribution is 9.10. The van der Waals surface area contributed by atoms with Gasteiger partial charge in [-0.25, -0.2) is 0 Å². The van der Waals surface area contributed by atoms with E-state index >= 15 is 0 Å². The lowest BCUT2D eigenvalue weighted by atomic mass is 9.49. The van der Waals surface area contributed by atoms with Crippen LogP contribution in [0.3, 0.4) is 0 Å². The van der Waals surface area contributed by atoms with E-state index in [4.69, 9.17) is 4.74 Å². The first kappa shape index (κ1) is 20.6. The molecule has 0 aliphatic heterocycles. The molecule has 29 heavy (non-hydrogen) atoms. The SMILES string of the molecule is O=C(COC(=O)[C@H](Br)C12CC3CC(CC(C3)C1)C2)Nc1ccccc1OC(F)F. The average Bonchev–Trinajstić information content (AvgIpc) is 2.65. The van der Waals surface area contributed by atoms with E-state index in [1.165, 1.54) is 37.5 Å². The van der Waals surface area contributed by atoms with Crippen molar-refractivity contribution >= 4 is 33.5 Å². The molecular weight excluding hydrogens is 448 g/mol. The Morgan fingerprint density at radius 1 is 1.10 bits per heavy atom. The highest BCUT2D eigenvalue weighted by Crippen LogP contribution is 2.62. The largest absolute Gasteiger partial charge is 0.455 e. The van der Waals surface area contributed by atoms with E-state index in [2.05, 4.69) is 26.0 Å². The minimum absolute atomic E-state index is 0.0694. The van der Waals surface area contributed by atoms with Crippen molar-refractivity contribution in [3.8, 4) is 5.75 Å². The highest BCUT2D eigenvalue weighted by atomic mass is 79.9. The van der Waals surface area contributed by atoms with Gasteiger partial charge >= 0.3 is 12.6 Å². The Kier molecular flexibility index (Phi) is 5.82. The number of ether oxygens (including phenoxy) is 2. The first-order chi connectivity index (χ1) is 13.8. The van der Waals surface area contributed by atoms with Gasteiger partial charge in [-0.2, -0.15) is 8.78 Å². The minimum atomic E-state index is -3.00. The topological polar surface area (TPSA) is 64.6 Å². The van der Waals surface area contributed by atoms with E-state index in [1.54, 1.807) is 6.07 Å². The van der Waals surface area contributed by atoms with Gasteiger partial charge in [0.25, 0.3) is 5.91 Å². The lowest BCUT2D eigenvalue weighted by Crippen LogP contribution is -2.52. The Balaban J connectivity index is 1.32. The number of carbonyl (C=O) groups is 2. The molecule has 1 aromatic rings. The second-order valence-electron chi connectivity index (χ2n) is 8.67. The summed E-state index contributed by atoms with van der Waals surface area (Å²) in [6, 6.07) is 5.88. The summed E-state index contributed by atoms with van der Waals surface area (Å²) < 4.78 is 34.6. The molecule has 8 heteroatoms. The van der Waals surface area contributed by atoms with Gasteiger partial charge in [-0.15, -0.1) is 0 Å². The Labute approximate surface area is 176 Å². The maximum atomic E-state index is 12.7. The summed E-state index contributed by atoms with van der Waals surface area (Å²) in [7, 11) is 0. The van der Waals surface area contributed by atoms with Crippen molar-refractivity contribution in [2.24, 2.45) is 23.2 Å². The molecule has 1 aromatic carbocycles. The number of hydrogen-bond acceptors (Lipinski definition) is 4. The minimum Gasteiger partial charge on any atom is -0.455 e.